The fourth-order valence-corrected chi connectivity index (χ4v) is 2.60. The van der Waals surface area contributed by atoms with Crippen LogP contribution in [0.1, 0.15) is 13.3 Å². The predicted molar refractivity (Wildman–Crippen MR) is 93.9 cm³/mol. The number of hydrogen-bond acceptors (Lipinski definition) is 5. The van der Waals surface area contributed by atoms with Gasteiger partial charge in [0.15, 0.2) is 0 Å². The minimum absolute atomic E-state index is 0.169. The van der Waals surface area contributed by atoms with Crippen molar-refractivity contribution in [2.75, 3.05) is 19.0 Å². The Hall–Kier alpha value is -3.02. The molecule has 1 atom stereocenters. The molecule has 1 fully saturated rings. The molecule has 0 unspecified atom stereocenters. The van der Waals surface area contributed by atoms with Crippen LogP contribution in [0.3, 0.4) is 0 Å². The summed E-state index contributed by atoms with van der Waals surface area (Å²) in [5.74, 6) is 1.82. The minimum atomic E-state index is -0.504. The Morgan fingerprint density at radius 1 is 1.00 bits per heavy atom. The topological polar surface area (TPSA) is 67.9 Å². The van der Waals surface area contributed by atoms with E-state index in [-0.39, 0.29) is 18.2 Å². The molecular weight excluding hydrogens is 320 g/mol. The summed E-state index contributed by atoms with van der Waals surface area (Å²) >= 11 is 0. The van der Waals surface area contributed by atoms with Crippen molar-refractivity contribution < 1.29 is 19.1 Å². The zero-order valence-electron chi connectivity index (χ0n) is 14.2. The van der Waals surface area contributed by atoms with Crippen LogP contribution in [0.15, 0.2) is 48.5 Å². The van der Waals surface area contributed by atoms with Crippen LogP contribution in [0, 0.1) is 0 Å². The SMILES string of the molecule is CCOc1ccc(Oc2ccc(N[C@@H]3CC(=O)N(C)C3=O)cc2)cc1. The third-order valence-electron chi connectivity index (χ3n) is 3.95. The fourth-order valence-electron chi connectivity index (χ4n) is 2.60. The van der Waals surface area contributed by atoms with Gasteiger partial charge in [-0.2, -0.15) is 0 Å². The zero-order chi connectivity index (χ0) is 17.8. The molecule has 2 aromatic carbocycles. The van der Waals surface area contributed by atoms with Gasteiger partial charge in [-0.15, -0.1) is 0 Å². The van der Waals surface area contributed by atoms with Gasteiger partial charge in [-0.05, 0) is 55.5 Å². The normalized spacial score (nSPS) is 16.9. The first-order chi connectivity index (χ1) is 12.1. The van der Waals surface area contributed by atoms with Gasteiger partial charge in [0.25, 0.3) is 5.91 Å². The standard InChI is InChI=1S/C19H20N2O4/c1-3-24-14-8-10-16(11-9-14)25-15-6-4-13(5-7-15)20-17-12-18(22)21(2)19(17)23/h4-11,17,20H,3,12H2,1-2H3/t17-/m1/s1. The van der Waals surface area contributed by atoms with Crippen molar-refractivity contribution in [2.45, 2.75) is 19.4 Å². The first-order valence-electron chi connectivity index (χ1n) is 8.14. The average Bonchev–Trinajstić information content (AvgIpc) is 2.85. The van der Waals surface area contributed by atoms with Crippen molar-refractivity contribution in [1.82, 2.24) is 4.90 Å². The number of rotatable bonds is 6. The maximum atomic E-state index is 11.9. The number of imide groups is 1. The number of anilines is 1. The lowest BCUT2D eigenvalue weighted by Crippen LogP contribution is -2.31. The average molecular weight is 340 g/mol. The molecule has 0 radical (unpaired) electrons. The summed E-state index contributed by atoms with van der Waals surface area (Å²) in [4.78, 5) is 24.6. The van der Waals surface area contributed by atoms with E-state index in [4.69, 9.17) is 9.47 Å². The Balaban J connectivity index is 1.60. The number of nitrogens with one attached hydrogen (secondary N) is 1. The predicted octanol–water partition coefficient (Wildman–Crippen LogP) is 3.05. The van der Waals surface area contributed by atoms with E-state index in [1.54, 1.807) is 0 Å². The van der Waals surface area contributed by atoms with Gasteiger partial charge >= 0.3 is 0 Å². The van der Waals surface area contributed by atoms with Gasteiger partial charge < -0.3 is 14.8 Å². The van der Waals surface area contributed by atoms with Gasteiger partial charge in [0.2, 0.25) is 5.91 Å². The highest BCUT2D eigenvalue weighted by Crippen LogP contribution is 2.26. The third kappa shape index (κ3) is 3.91. The van der Waals surface area contributed by atoms with E-state index < -0.39 is 6.04 Å². The van der Waals surface area contributed by atoms with Crippen LogP contribution in [0.5, 0.6) is 17.2 Å². The molecule has 1 aliphatic rings. The number of carbonyl (C=O) groups is 2. The van der Waals surface area contributed by atoms with Gasteiger partial charge in [0.1, 0.15) is 23.3 Å². The number of ether oxygens (including phenoxy) is 2. The van der Waals surface area contributed by atoms with Gasteiger partial charge in [-0.1, -0.05) is 0 Å². The number of benzene rings is 2. The molecule has 0 spiro atoms. The smallest absolute Gasteiger partial charge is 0.251 e. The second-order valence-corrected chi connectivity index (χ2v) is 5.72. The Labute approximate surface area is 146 Å². The van der Waals surface area contributed by atoms with Gasteiger partial charge in [-0.25, -0.2) is 0 Å². The summed E-state index contributed by atoms with van der Waals surface area (Å²) in [6.45, 7) is 2.56. The summed E-state index contributed by atoms with van der Waals surface area (Å²) in [6.07, 6.45) is 0.180. The van der Waals surface area contributed by atoms with E-state index in [2.05, 4.69) is 5.32 Å². The number of carbonyl (C=O) groups excluding carboxylic acids is 2. The maximum absolute atomic E-state index is 11.9. The Morgan fingerprint density at radius 2 is 1.56 bits per heavy atom. The lowest BCUT2D eigenvalue weighted by molar-refractivity contribution is -0.136. The van der Waals surface area contributed by atoms with Crippen molar-refractivity contribution in [3.8, 4) is 17.2 Å². The van der Waals surface area contributed by atoms with Crippen molar-refractivity contribution in [2.24, 2.45) is 0 Å². The molecule has 6 heteroatoms. The number of hydrogen-bond donors (Lipinski definition) is 1. The summed E-state index contributed by atoms with van der Waals surface area (Å²) < 4.78 is 11.2. The maximum Gasteiger partial charge on any atom is 0.251 e. The quantitative estimate of drug-likeness (QED) is 0.819. The molecule has 2 amide bonds. The second kappa shape index (κ2) is 7.25. The lowest BCUT2D eigenvalue weighted by atomic mass is 10.2. The number of nitrogens with zero attached hydrogens (tertiary/aromatic N) is 1. The molecule has 25 heavy (non-hydrogen) atoms. The molecule has 0 saturated carbocycles. The largest absolute Gasteiger partial charge is 0.494 e. The molecule has 130 valence electrons. The van der Waals surface area contributed by atoms with Crippen molar-refractivity contribution in [1.29, 1.82) is 0 Å². The molecule has 1 N–H and O–H groups in total. The molecule has 0 aliphatic carbocycles. The van der Waals surface area contributed by atoms with Crippen LogP contribution >= 0.6 is 0 Å². The van der Waals surface area contributed by atoms with Crippen LogP contribution < -0.4 is 14.8 Å². The van der Waals surface area contributed by atoms with Gasteiger partial charge in [0, 0.05) is 12.7 Å². The number of likely N-dealkylation sites (N-methyl/N-ethyl adjacent to an activating group) is 1. The van der Waals surface area contributed by atoms with Crippen LogP contribution in [0.2, 0.25) is 0 Å². The molecule has 0 aromatic heterocycles. The van der Waals surface area contributed by atoms with E-state index >= 15 is 0 Å². The molecule has 3 rings (SSSR count). The highest BCUT2D eigenvalue weighted by atomic mass is 16.5. The molecule has 1 saturated heterocycles. The van der Waals surface area contributed by atoms with Crippen LogP contribution in [-0.4, -0.2) is 36.4 Å². The van der Waals surface area contributed by atoms with Crippen LogP contribution in [-0.2, 0) is 9.59 Å². The molecule has 6 nitrogen and oxygen atoms in total. The third-order valence-corrected chi connectivity index (χ3v) is 3.95. The number of amides is 2. The van der Waals surface area contributed by atoms with Crippen molar-refractivity contribution >= 4 is 17.5 Å². The fraction of sp³-hybridized carbons (Fsp3) is 0.263. The highest BCUT2D eigenvalue weighted by Gasteiger charge is 2.35. The van der Waals surface area contributed by atoms with E-state index in [1.807, 2.05) is 55.5 Å². The molecule has 2 aromatic rings. The molecule has 0 bridgehead atoms. The van der Waals surface area contributed by atoms with Crippen LogP contribution in [0.25, 0.3) is 0 Å². The van der Waals surface area contributed by atoms with E-state index in [9.17, 15) is 9.59 Å². The Bertz CT molecular complexity index is 756. The highest BCUT2D eigenvalue weighted by molar-refractivity contribution is 6.06. The van der Waals surface area contributed by atoms with Crippen molar-refractivity contribution in [3.63, 3.8) is 0 Å². The summed E-state index contributed by atoms with van der Waals surface area (Å²) in [7, 11) is 1.50. The van der Waals surface area contributed by atoms with E-state index in [0.717, 1.165) is 16.3 Å². The van der Waals surface area contributed by atoms with Gasteiger partial charge in [0.05, 0.1) is 13.0 Å². The first kappa shape index (κ1) is 16.8. The van der Waals surface area contributed by atoms with E-state index in [1.165, 1.54) is 7.05 Å². The number of likely N-dealkylation sites (tertiary alicyclic amines) is 1. The van der Waals surface area contributed by atoms with Gasteiger partial charge in [-0.3, -0.25) is 14.5 Å². The lowest BCUT2D eigenvalue weighted by Gasteiger charge is -2.13. The summed E-state index contributed by atoms with van der Waals surface area (Å²) in [5, 5.41) is 3.08. The first-order valence-corrected chi connectivity index (χ1v) is 8.14. The van der Waals surface area contributed by atoms with Crippen LogP contribution in [0.4, 0.5) is 5.69 Å². The second-order valence-electron chi connectivity index (χ2n) is 5.72. The minimum Gasteiger partial charge on any atom is -0.494 e. The Morgan fingerprint density at radius 3 is 2.08 bits per heavy atom. The van der Waals surface area contributed by atoms with Crippen molar-refractivity contribution in [3.05, 3.63) is 48.5 Å². The van der Waals surface area contributed by atoms with E-state index in [0.29, 0.717) is 18.1 Å². The Kier molecular flexibility index (Phi) is 4.88. The summed E-state index contributed by atoms with van der Waals surface area (Å²) in [5.41, 5.74) is 0.764. The zero-order valence-corrected chi connectivity index (χ0v) is 14.2. The molecule has 1 aliphatic heterocycles. The monoisotopic (exact) mass is 340 g/mol. The molecule has 1 heterocycles. The molecular formula is C19H20N2O4. The summed E-state index contributed by atoms with van der Waals surface area (Å²) in [6, 6.07) is 14.1.